The number of ether oxygens (including phenoxy) is 1. The number of hydrogen-bond acceptors (Lipinski definition) is 5. The van der Waals surface area contributed by atoms with E-state index >= 15 is 0 Å². The largest absolute Gasteiger partial charge is 0.480 e. The van der Waals surface area contributed by atoms with E-state index in [1.54, 1.807) is 13.8 Å². The van der Waals surface area contributed by atoms with Crippen molar-refractivity contribution in [1.82, 2.24) is 5.32 Å². The number of carbonyl (C=O) groups is 3. The van der Waals surface area contributed by atoms with Crippen LogP contribution in [0.25, 0.3) is 0 Å². The molecule has 18 heavy (non-hydrogen) atoms. The molecule has 3 atom stereocenters. The molecule has 1 amide bonds. The van der Waals surface area contributed by atoms with E-state index in [1.165, 1.54) is 7.11 Å². The van der Waals surface area contributed by atoms with Gasteiger partial charge in [0.25, 0.3) is 0 Å². The van der Waals surface area contributed by atoms with E-state index in [-0.39, 0.29) is 18.9 Å². The minimum atomic E-state index is -1.19. The lowest BCUT2D eigenvalue weighted by atomic mass is 10.0. The summed E-state index contributed by atoms with van der Waals surface area (Å²) in [5.74, 6) is -2.65. The summed E-state index contributed by atoms with van der Waals surface area (Å²) in [7, 11) is 1.22. The molecule has 0 saturated heterocycles. The standard InChI is InChI=1S/C11H20N2O5/c1-6(7(2)12)10(15)13-8(11(16)17)4-5-9(14)18-3/h6-8H,4-5,12H2,1-3H3,(H,13,15)(H,16,17)/t6?,7?,8-/m0/s1. The fraction of sp³-hybridized carbons (Fsp3) is 0.727. The number of nitrogens with two attached hydrogens (primary N) is 1. The molecule has 0 rings (SSSR count). The second kappa shape index (κ2) is 7.65. The smallest absolute Gasteiger partial charge is 0.326 e. The minimum absolute atomic E-state index is 0.0145. The first kappa shape index (κ1) is 16.4. The molecule has 4 N–H and O–H groups in total. The van der Waals surface area contributed by atoms with E-state index in [0.717, 1.165) is 0 Å². The molecule has 0 aromatic rings. The van der Waals surface area contributed by atoms with Crippen molar-refractivity contribution in [2.24, 2.45) is 11.7 Å². The number of aliphatic carboxylic acids is 1. The first-order chi connectivity index (χ1) is 8.29. The van der Waals surface area contributed by atoms with Crippen LogP contribution in [0, 0.1) is 5.92 Å². The third kappa shape index (κ3) is 5.62. The summed E-state index contributed by atoms with van der Waals surface area (Å²) in [6.07, 6.45) is -0.0836. The highest BCUT2D eigenvalue weighted by molar-refractivity contribution is 5.85. The summed E-state index contributed by atoms with van der Waals surface area (Å²) in [4.78, 5) is 33.5. The van der Waals surface area contributed by atoms with Gasteiger partial charge in [-0.3, -0.25) is 9.59 Å². The zero-order valence-corrected chi connectivity index (χ0v) is 10.8. The van der Waals surface area contributed by atoms with Gasteiger partial charge in [-0.2, -0.15) is 0 Å². The van der Waals surface area contributed by atoms with E-state index in [0.29, 0.717) is 0 Å². The molecule has 0 radical (unpaired) electrons. The third-order valence-electron chi connectivity index (χ3n) is 2.68. The summed E-state index contributed by atoms with van der Waals surface area (Å²) in [6, 6.07) is -1.49. The van der Waals surface area contributed by atoms with Crippen molar-refractivity contribution in [3.05, 3.63) is 0 Å². The summed E-state index contributed by atoms with van der Waals surface area (Å²) >= 11 is 0. The van der Waals surface area contributed by atoms with E-state index < -0.39 is 29.8 Å². The Morgan fingerprint density at radius 3 is 2.28 bits per heavy atom. The molecule has 0 aliphatic carbocycles. The van der Waals surface area contributed by atoms with Gasteiger partial charge in [0.15, 0.2) is 0 Å². The van der Waals surface area contributed by atoms with Gasteiger partial charge in [-0.15, -0.1) is 0 Å². The number of nitrogens with one attached hydrogen (secondary N) is 1. The molecule has 2 unspecified atom stereocenters. The highest BCUT2D eigenvalue weighted by Crippen LogP contribution is 2.04. The van der Waals surface area contributed by atoms with E-state index in [1.807, 2.05) is 0 Å². The van der Waals surface area contributed by atoms with Crippen LogP contribution in [-0.4, -0.2) is 42.1 Å². The van der Waals surface area contributed by atoms with Crippen LogP contribution in [0.5, 0.6) is 0 Å². The number of carboxylic acids is 1. The summed E-state index contributed by atoms with van der Waals surface area (Å²) < 4.78 is 4.41. The Labute approximate surface area is 106 Å². The van der Waals surface area contributed by atoms with Gasteiger partial charge in [-0.25, -0.2) is 4.79 Å². The monoisotopic (exact) mass is 260 g/mol. The Hall–Kier alpha value is -1.63. The molecule has 0 saturated carbocycles. The van der Waals surface area contributed by atoms with Gasteiger partial charge in [0, 0.05) is 18.4 Å². The van der Waals surface area contributed by atoms with Crippen molar-refractivity contribution >= 4 is 17.8 Å². The van der Waals surface area contributed by atoms with Crippen LogP contribution < -0.4 is 11.1 Å². The Balaban J connectivity index is 4.41. The lowest BCUT2D eigenvalue weighted by molar-refractivity contribution is -0.144. The van der Waals surface area contributed by atoms with Gasteiger partial charge in [0.05, 0.1) is 7.11 Å². The molecule has 0 aromatic carbocycles. The molecule has 0 spiro atoms. The van der Waals surface area contributed by atoms with Gasteiger partial charge >= 0.3 is 11.9 Å². The highest BCUT2D eigenvalue weighted by Gasteiger charge is 2.25. The van der Waals surface area contributed by atoms with Crippen LogP contribution >= 0.6 is 0 Å². The maximum atomic E-state index is 11.6. The van der Waals surface area contributed by atoms with Gasteiger partial charge in [0.1, 0.15) is 6.04 Å². The number of amides is 1. The number of methoxy groups -OCH3 is 1. The Morgan fingerprint density at radius 1 is 1.33 bits per heavy atom. The van der Waals surface area contributed by atoms with Crippen molar-refractivity contribution in [3.8, 4) is 0 Å². The summed E-state index contributed by atoms with van der Waals surface area (Å²) in [5.41, 5.74) is 5.55. The normalized spacial score (nSPS) is 15.3. The van der Waals surface area contributed by atoms with E-state index in [4.69, 9.17) is 10.8 Å². The predicted molar refractivity (Wildman–Crippen MR) is 63.6 cm³/mol. The van der Waals surface area contributed by atoms with Crippen molar-refractivity contribution in [3.63, 3.8) is 0 Å². The second-order valence-electron chi connectivity index (χ2n) is 4.16. The average Bonchev–Trinajstić information content (AvgIpc) is 2.31. The summed E-state index contributed by atoms with van der Waals surface area (Å²) in [6.45, 7) is 3.27. The van der Waals surface area contributed by atoms with Crippen LogP contribution in [0.1, 0.15) is 26.7 Å². The molecule has 7 heteroatoms. The van der Waals surface area contributed by atoms with E-state index in [9.17, 15) is 14.4 Å². The number of carbonyl (C=O) groups excluding carboxylic acids is 2. The zero-order chi connectivity index (χ0) is 14.3. The molecule has 104 valence electrons. The molecule has 0 bridgehead atoms. The fourth-order valence-corrected chi connectivity index (χ4v) is 1.16. The fourth-order valence-electron chi connectivity index (χ4n) is 1.16. The second-order valence-corrected chi connectivity index (χ2v) is 4.16. The average molecular weight is 260 g/mol. The van der Waals surface area contributed by atoms with Crippen molar-refractivity contribution in [2.45, 2.75) is 38.8 Å². The van der Waals surface area contributed by atoms with Crippen molar-refractivity contribution in [2.75, 3.05) is 7.11 Å². The number of rotatable bonds is 7. The molecule has 7 nitrogen and oxygen atoms in total. The molecule has 0 heterocycles. The predicted octanol–water partition coefficient (Wildman–Crippen LogP) is -0.508. The molecule has 0 aliphatic rings. The van der Waals surface area contributed by atoms with Crippen LogP contribution in [0.4, 0.5) is 0 Å². The third-order valence-corrected chi connectivity index (χ3v) is 2.68. The Morgan fingerprint density at radius 2 is 1.89 bits per heavy atom. The molecule has 0 fully saturated rings. The number of esters is 1. The van der Waals surface area contributed by atoms with Crippen molar-refractivity contribution < 1.29 is 24.2 Å². The van der Waals surface area contributed by atoms with Crippen LogP contribution in [0.2, 0.25) is 0 Å². The lowest BCUT2D eigenvalue weighted by Gasteiger charge is -2.19. The van der Waals surface area contributed by atoms with Crippen molar-refractivity contribution in [1.29, 1.82) is 0 Å². The SMILES string of the molecule is COC(=O)CC[C@H](NC(=O)C(C)C(C)N)C(=O)O. The molecular weight excluding hydrogens is 240 g/mol. The Bertz CT molecular complexity index is 317. The van der Waals surface area contributed by atoms with Crippen LogP contribution in [-0.2, 0) is 19.1 Å². The van der Waals surface area contributed by atoms with Gasteiger partial charge < -0.3 is 20.9 Å². The maximum Gasteiger partial charge on any atom is 0.326 e. The lowest BCUT2D eigenvalue weighted by Crippen LogP contribution is -2.46. The van der Waals surface area contributed by atoms with Gasteiger partial charge in [0.2, 0.25) is 5.91 Å². The zero-order valence-electron chi connectivity index (χ0n) is 10.8. The number of hydrogen-bond donors (Lipinski definition) is 3. The Kier molecular flexibility index (Phi) is 6.96. The molecule has 0 aromatic heterocycles. The highest BCUT2D eigenvalue weighted by atomic mass is 16.5. The number of carboxylic acid groups (broad SMARTS) is 1. The van der Waals surface area contributed by atoms with Crippen LogP contribution in [0.3, 0.4) is 0 Å². The van der Waals surface area contributed by atoms with Gasteiger partial charge in [-0.1, -0.05) is 6.92 Å². The topological polar surface area (TPSA) is 119 Å². The quantitative estimate of drug-likeness (QED) is 0.530. The van der Waals surface area contributed by atoms with E-state index in [2.05, 4.69) is 10.1 Å². The first-order valence-corrected chi connectivity index (χ1v) is 5.65. The molecular formula is C11H20N2O5. The molecule has 0 aliphatic heterocycles. The van der Waals surface area contributed by atoms with Crippen LogP contribution in [0.15, 0.2) is 0 Å². The first-order valence-electron chi connectivity index (χ1n) is 5.65. The summed E-state index contributed by atoms with van der Waals surface area (Å²) in [5, 5.41) is 11.3. The minimum Gasteiger partial charge on any atom is -0.480 e. The van der Waals surface area contributed by atoms with Gasteiger partial charge in [-0.05, 0) is 13.3 Å². The maximum absolute atomic E-state index is 11.6.